The predicted molar refractivity (Wildman–Crippen MR) is 121 cm³/mol. The summed E-state index contributed by atoms with van der Waals surface area (Å²) in [6, 6.07) is 8.45. The molecule has 1 atom stereocenters. The molecule has 0 spiro atoms. The summed E-state index contributed by atoms with van der Waals surface area (Å²) in [5, 5.41) is 12.2. The van der Waals surface area contributed by atoms with Crippen molar-refractivity contribution in [1.82, 2.24) is 20.1 Å². The van der Waals surface area contributed by atoms with Crippen LogP contribution in [0.5, 0.6) is 0 Å². The smallest absolute Gasteiger partial charge is 0.255 e. The number of nitrogens with zero attached hydrogens (tertiary/aromatic N) is 3. The Hall–Kier alpha value is -2.89. The third kappa shape index (κ3) is 4.04. The maximum Gasteiger partial charge on any atom is 0.255 e. The van der Waals surface area contributed by atoms with E-state index in [1.54, 1.807) is 6.20 Å². The number of pyridine rings is 1. The zero-order valence-corrected chi connectivity index (χ0v) is 18.1. The van der Waals surface area contributed by atoms with Gasteiger partial charge in [0.25, 0.3) is 5.91 Å². The van der Waals surface area contributed by atoms with E-state index in [1.807, 2.05) is 36.9 Å². The van der Waals surface area contributed by atoms with Gasteiger partial charge in [0.1, 0.15) is 0 Å². The Balaban J connectivity index is 1.67. The summed E-state index contributed by atoms with van der Waals surface area (Å²) in [7, 11) is 0. The first kappa shape index (κ1) is 20.4. The summed E-state index contributed by atoms with van der Waals surface area (Å²) in [6.07, 6.45) is 9.54. The molecule has 0 radical (unpaired) electrons. The fraction of sp³-hybridized carbons (Fsp3) is 0.458. The standard InChI is InChI=1S/C24H31N5O/c1-4-29-23-20(15-26-29)22(28-18-11-6-5-7-12-18)21(14-25-23)24(30)27-17(3)19-13-9-8-10-16(19)2/h8-10,13-15,17-18H,4-7,11-12H2,1-3H3,(H,25,28)(H,27,30). The molecule has 2 aromatic heterocycles. The molecule has 0 saturated heterocycles. The minimum atomic E-state index is -0.109. The summed E-state index contributed by atoms with van der Waals surface area (Å²) in [5.41, 5.74) is 4.56. The Morgan fingerprint density at radius 2 is 1.97 bits per heavy atom. The summed E-state index contributed by atoms with van der Waals surface area (Å²) >= 11 is 0. The van der Waals surface area contributed by atoms with Crippen molar-refractivity contribution in [2.75, 3.05) is 5.32 Å². The Bertz CT molecular complexity index is 1040. The molecule has 6 heteroatoms. The fourth-order valence-corrected chi connectivity index (χ4v) is 4.46. The number of carbonyl (C=O) groups excluding carboxylic acids is 1. The van der Waals surface area contributed by atoms with E-state index in [-0.39, 0.29) is 11.9 Å². The van der Waals surface area contributed by atoms with Gasteiger partial charge in [0.15, 0.2) is 5.65 Å². The second kappa shape index (κ2) is 8.86. The zero-order chi connectivity index (χ0) is 21.1. The van der Waals surface area contributed by atoms with Crippen LogP contribution >= 0.6 is 0 Å². The SMILES string of the molecule is CCn1ncc2c(NC3CCCCC3)c(C(=O)NC(C)c3ccccc3C)cnc21. The molecule has 1 aliphatic carbocycles. The fourth-order valence-electron chi connectivity index (χ4n) is 4.46. The van der Waals surface area contributed by atoms with Crippen molar-refractivity contribution in [2.45, 2.75) is 71.5 Å². The highest BCUT2D eigenvalue weighted by Gasteiger charge is 2.23. The van der Waals surface area contributed by atoms with Crippen LogP contribution in [0.25, 0.3) is 11.0 Å². The second-order valence-electron chi connectivity index (χ2n) is 8.28. The molecular formula is C24H31N5O. The Kier molecular flexibility index (Phi) is 6.02. The molecular weight excluding hydrogens is 374 g/mol. The summed E-state index contributed by atoms with van der Waals surface area (Å²) in [5.74, 6) is -0.109. The number of hydrogen-bond donors (Lipinski definition) is 2. The maximum atomic E-state index is 13.3. The Morgan fingerprint density at radius 1 is 1.20 bits per heavy atom. The van der Waals surface area contributed by atoms with E-state index in [9.17, 15) is 4.79 Å². The molecule has 30 heavy (non-hydrogen) atoms. The van der Waals surface area contributed by atoms with Gasteiger partial charge < -0.3 is 10.6 Å². The van der Waals surface area contributed by atoms with Gasteiger partial charge in [-0.15, -0.1) is 0 Å². The van der Waals surface area contributed by atoms with E-state index in [1.165, 1.54) is 24.8 Å². The largest absolute Gasteiger partial charge is 0.381 e. The number of aryl methyl sites for hydroxylation is 2. The Labute approximate surface area is 178 Å². The van der Waals surface area contributed by atoms with Crippen LogP contribution in [0.3, 0.4) is 0 Å². The van der Waals surface area contributed by atoms with Gasteiger partial charge in [-0.2, -0.15) is 5.10 Å². The molecule has 2 heterocycles. The number of fused-ring (bicyclic) bond motifs is 1. The van der Waals surface area contributed by atoms with Crippen LogP contribution in [0, 0.1) is 6.92 Å². The summed E-state index contributed by atoms with van der Waals surface area (Å²) in [4.78, 5) is 17.9. The van der Waals surface area contributed by atoms with E-state index in [0.717, 1.165) is 41.7 Å². The molecule has 158 valence electrons. The number of rotatable bonds is 6. The predicted octanol–water partition coefficient (Wildman–Crippen LogP) is 5.00. The van der Waals surface area contributed by atoms with Crippen LogP contribution in [0.2, 0.25) is 0 Å². The van der Waals surface area contributed by atoms with Crippen LogP contribution in [0.4, 0.5) is 5.69 Å². The van der Waals surface area contributed by atoms with Crippen LogP contribution < -0.4 is 10.6 Å². The lowest BCUT2D eigenvalue weighted by molar-refractivity contribution is 0.0940. The molecule has 1 amide bonds. The average Bonchev–Trinajstić information content (AvgIpc) is 3.18. The molecule has 1 saturated carbocycles. The van der Waals surface area contributed by atoms with Crippen molar-refractivity contribution in [3.63, 3.8) is 0 Å². The molecule has 6 nitrogen and oxygen atoms in total. The number of hydrogen-bond acceptors (Lipinski definition) is 4. The van der Waals surface area contributed by atoms with Crippen LogP contribution in [0.1, 0.15) is 73.5 Å². The van der Waals surface area contributed by atoms with Crippen molar-refractivity contribution in [3.05, 3.63) is 53.3 Å². The average molecular weight is 406 g/mol. The minimum Gasteiger partial charge on any atom is -0.381 e. The molecule has 1 aromatic carbocycles. The van der Waals surface area contributed by atoms with Gasteiger partial charge in [-0.3, -0.25) is 4.79 Å². The van der Waals surface area contributed by atoms with E-state index in [0.29, 0.717) is 11.6 Å². The molecule has 0 bridgehead atoms. The van der Waals surface area contributed by atoms with E-state index < -0.39 is 0 Å². The highest BCUT2D eigenvalue weighted by Crippen LogP contribution is 2.30. The third-order valence-corrected chi connectivity index (χ3v) is 6.17. The highest BCUT2D eigenvalue weighted by atomic mass is 16.1. The molecule has 2 N–H and O–H groups in total. The van der Waals surface area contributed by atoms with Gasteiger partial charge in [0, 0.05) is 18.8 Å². The molecule has 4 rings (SSSR count). The molecule has 0 aliphatic heterocycles. The van der Waals surface area contributed by atoms with Crippen molar-refractivity contribution in [1.29, 1.82) is 0 Å². The van der Waals surface area contributed by atoms with Crippen molar-refractivity contribution >= 4 is 22.6 Å². The van der Waals surface area contributed by atoms with Gasteiger partial charge in [0.05, 0.1) is 28.9 Å². The normalized spacial score (nSPS) is 15.8. The highest BCUT2D eigenvalue weighted by molar-refractivity contribution is 6.06. The van der Waals surface area contributed by atoms with Crippen LogP contribution in [-0.2, 0) is 6.54 Å². The topological polar surface area (TPSA) is 71.8 Å². The van der Waals surface area contributed by atoms with Gasteiger partial charge in [0.2, 0.25) is 0 Å². The van der Waals surface area contributed by atoms with Gasteiger partial charge in [-0.1, -0.05) is 43.5 Å². The maximum absolute atomic E-state index is 13.3. The van der Waals surface area contributed by atoms with Crippen molar-refractivity contribution in [3.8, 4) is 0 Å². The number of carbonyl (C=O) groups is 1. The molecule has 1 fully saturated rings. The Morgan fingerprint density at radius 3 is 2.70 bits per heavy atom. The van der Waals surface area contributed by atoms with Gasteiger partial charge in [-0.25, -0.2) is 9.67 Å². The van der Waals surface area contributed by atoms with E-state index in [2.05, 4.69) is 39.8 Å². The number of aromatic nitrogens is 3. The first-order valence-corrected chi connectivity index (χ1v) is 11.1. The number of nitrogens with one attached hydrogen (secondary N) is 2. The first-order chi connectivity index (χ1) is 14.6. The molecule has 1 aliphatic rings. The van der Waals surface area contributed by atoms with Crippen molar-refractivity contribution in [2.24, 2.45) is 0 Å². The minimum absolute atomic E-state index is 0.0877. The summed E-state index contributed by atoms with van der Waals surface area (Å²) < 4.78 is 1.87. The van der Waals surface area contributed by atoms with E-state index >= 15 is 0 Å². The zero-order valence-electron chi connectivity index (χ0n) is 18.1. The van der Waals surface area contributed by atoms with Crippen LogP contribution in [0.15, 0.2) is 36.7 Å². The lowest BCUT2D eigenvalue weighted by Gasteiger charge is -2.25. The van der Waals surface area contributed by atoms with E-state index in [4.69, 9.17) is 0 Å². The third-order valence-electron chi connectivity index (χ3n) is 6.17. The first-order valence-electron chi connectivity index (χ1n) is 11.1. The number of anilines is 1. The van der Waals surface area contributed by atoms with Gasteiger partial charge >= 0.3 is 0 Å². The quantitative estimate of drug-likeness (QED) is 0.606. The van der Waals surface area contributed by atoms with Crippen LogP contribution in [-0.4, -0.2) is 26.7 Å². The molecule has 1 unspecified atom stereocenters. The number of amides is 1. The lowest BCUT2D eigenvalue weighted by atomic mass is 9.95. The second-order valence-corrected chi connectivity index (χ2v) is 8.28. The molecule has 3 aromatic rings. The lowest BCUT2D eigenvalue weighted by Crippen LogP contribution is -2.30. The van der Waals surface area contributed by atoms with Gasteiger partial charge in [-0.05, 0) is 44.7 Å². The monoisotopic (exact) mass is 405 g/mol. The van der Waals surface area contributed by atoms with Crippen molar-refractivity contribution < 1.29 is 4.79 Å². The summed E-state index contributed by atoms with van der Waals surface area (Å²) in [6.45, 7) is 6.89. The number of benzene rings is 1.